The number of hydrogen-bond donors (Lipinski definition) is 2. The summed E-state index contributed by atoms with van der Waals surface area (Å²) < 4.78 is 1.92. The molecular formula is C19H21ClN4O3. The van der Waals surface area contributed by atoms with Crippen LogP contribution in [0, 0.1) is 0 Å². The highest BCUT2D eigenvalue weighted by atomic mass is 35.5. The summed E-state index contributed by atoms with van der Waals surface area (Å²) in [4.78, 5) is 37.8. The lowest BCUT2D eigenvalue weighted by Crippen LogP contribution is -2.32. The van der Waals surface area contributed by atoms with Gasteiger partial charge in [0.25, 0.3) is 5.91 Å². The van der Waals surface area contributed by atoms with Gasteiger partial charge in [-0.15, -0.1) is 0 Å². The Labute approximate surface area is 162 Å². The van der Waals surface area contributed by atoms with E-state index < -0.39 is 12.1 Å². The van der Waals surface area contributed by atoms with Gasteiger partial charge in [0, 0.05) is 30.4 Å². The van der Waals surface area contributed by atoms with Gasteiger partial charge in [-0.1, -0.05) is 29.8 Å². The molecule has 1 aromatic carbocycles. The van der Waals surface area contributed by atoms with Gasteiger partial charge in [-0.05, 0) is 30.2 Å². The van der Waals surface area contributed by atoms with Crippen LogP contribution >= 0.6 is 11.6 Å². The van der Waals surface area contributed by atoms with Gasteiger partial charge in [0.1, 0.15) is 6.04 Å². The second-order valence-corrected chi connectivity index (χ2v) is 6.85. The summed E-state index contributed by atoms with van der Waals surface area (Å²) in [7, 11) is 1.90. The number of imide groups is 1. The predicted octanol–water partition coefficient (Wildman–Crippen LogP) is 2.20. The third kappa shape index (κ3) is 4.49. The normalized spacial score (nSPS) is 16.5. The fourth-order valence-electron chi connectivity index (χ4n) is 2.95. The van der Waals surface area contributed by atoms with Gasteiger partial charge < -0.3 is 15.2 Å². The van der Waals surface area contributed by atoms with Gasteiger partial charge in [0.2, 0.25) is 5.91 Å². The minimum atomic E-state index is -0.694. The first kappa shape index (κ1) is 19.0. The van der Waals surface area contributed by atoms with E-state index in [9.17, 15) is 14.4 Å². The van der Waals surface area contributed by atoms with Gasteiger partial charge in [0.15, 0.2) is 0 Å². The standard InChI is InChI=1S/C19H21ClN4O3/c1-23-10-4-6-14(23)11-21-17(25)9-8-16-18(26)24(19(27)22-16)12-13-5-2-3-7-15(13)20/h2-7,10,16H,8-9,11-12H2,1H3,(H,21,25)(H,22,27)/t16-/m1/s1. The summed E-state index contributed by atoms with van der Waals surface area (Å²) in [6.45, 7) is 0.534. The Morgan fingerprint density at radius 1 is 1.22 bits per heavy atom. The van der Waals surface area contributed by atoms with E-state index in [1.165, 1.54) is 0 Å². The van der Waals surface area contributed by atoms with Crippen molar-refractivity contribution in [3.63, 3.8) is 0 Å². The summed E-state index contributed by atoms with van der Waals surface area (Å²) in [6, 6.07) is 9.74. The summed E-state index contributed by atoms with van der Waals surface area (Å²) in [5.74, 6) is -0.502. The molecule has 1 aliphatic rings. The molecule has 142 valence electrons. The zero-order valence-electron chi connectivity index (χ0n) is 14.9. The molecule has 0 bridgehead atoms. The van der Waals surface area contributed by atoms with E-state index in [2.05, 4.69) is 10.6 Å². The van der Waals surface area contributed by atoms with Crippen LogP contribution in [0.5, 0.6) is 0 Å². The van der Waals surface area contributed by atoms with Crippen LogP contribution in [0.4, 0.5) is 4.79 Å². The maximum atomic E-state index is 12.5. The van der Waals surface area contributed by atoms with Crippen molar-refractivity contribution in [2.45, 2.75) is 32.0 Å². The molecule has 7 nitrogen and oxygen atoms in total. The van der Waals surface area contributed by atoms with Crippen molar-refractivity contribution < 1.29 is 14.4 Å². The fraction of sp³-hybridized carbons (Fsp3) is 0.316. The summed E-state index contributed by atoms with van der Waals surface area (Å²) in [6.07, 6.45) is 2.31. The van der Waals surface area contributed by atoms with Crippen LogP contribution in [0.1, 0.15) is 24.1 Å². The van der Waals surface area contributed by atoms with Gasteiger partial charge >= 0.3 is 6.03 Å². The maximum absolute atomic E-state index is 12.5. The lowest BCUT2D eigenvalue weighted by atomic mass is 10.1. The molecule has 1 aliphatic heterocycles. The number of aromatic nitrogens is 1. The Morgan fingerprint density at radius 2 is 2.00 bits per heavy atom. The van der Waals surface area contributed by atoms with Gasteiger partial charge in [0.05, 0.1) is 13.1 Å². The highest BCUT2D eigenvalue weighted by Gasteiger charge is 2.38. The van der Waals surface area contributed by atoms with E-state index in [0.29, 0.717) is 17.1 Å². The number of carbonyl (C=O) groups is 3. The van der Waals surface area contributed by atoms with Gasteiger partial charge in [-0.25, -0.2) is 4.79 Å². The highest BCUT2D eigenvalue weighted by Crippen LogP contribution is 2.20. The van der Waals surface area contributed by atoms with Crippen LogP contribution in [-0.4, -0.2) is 33.4 Å². The average Bonchev–Trinajstić information content (AvgIpc) is 3.17. The molecule has 8 heteroatoms. The number of hydrogen-bond acceptors (Lipinski definition) is 3. The largest absolute Gasteiger partial charge is 0.353 e. The molecule has 1 aromatic heterocycles. The number of nitrogens with zero attached hydrogens (tertiary/aromatic N) is 2. The molecule has 1 saturated heterocycles. The van der Waals surface area contributed by atoms with Crippen LogP contribution in [0.15, 0.2) is 42.6 Å². The Hall–Kier alpha value is -2.80. The van der Waals surface area contributed by atoms with Crippen molar-refractivity contribution in [2.75, 3.05) is 0 Å². The Kier molecular flexibility index (Phi) is 5.81. The molecule has 0 saturated carbocycles. The Balaban J connectivity index is 1.50. The van der Waals surface area contributed by atoms with Crippen molar-refractivity contribution in [3.8, 4) is 0 Å². The molecule has 2 aromatic rings. The molecule has 0 unspecified atom stereocenters. The lowest BCUT2D eigenvalue weighted by Gasteiger charge is -2.14. The topological polar surface area (TPSA) is 83.4 Å². The first-order chi connectivity index (χ1) is 13.0. The van der Waals surface area contributed by atoms with E-state index in [0.717, 1.165) is 10.6 Å². The van der Waals surface area contributed by atoms with Gasteiger partial charge in [-0.2, -0.15) is 0 Å². The van der Waals surface area contributed by atoms with E-state index in [4.69, 9.17) is 11.6 Å². The van der Waals surface area contributed by atoms with Gasteiger partial charge in [-0.3, -0.25) is 14.5 Å². The molecule has 4 amide bonds. The number of amides is 4. The van der Waals surface area contributed by atoms with Crippen molar-refractivity contribution >= 4 is 29.4 Å². The summed E-state index contributed by atoms with van der Waals surface area (Å²) >= 11 is 6.10. The van der Waals surface area contributed by atoms with E-state index in [1.54, 1.807) is 24.3 Å². The van der Waals surface area contributed by atoms with Crippen LogP contribution in [0.2, 0.25) is 5.02 Å². The summed E-state index contributed by atoms with van der Waals surface area (Å²) in [5.41, 5.74) is 1.68. The third-order valence-electron chi connectivity index (χ3n) is 4.57. The van der Waals surface area contributed by atoms with Crippen molar-refractivity contribution in [2.24, 2.45) is 7.05 Å². The predicted molar refractivity (Wildman–Crippen MR) is 101 cm³/mol. The molecule has 2 N–H and O–H groups in total. The zero-order valence-corrected chi connectivity index (χ0v) is 15.7. The molecule has 0 spiro atoms. The Morgan fingerprint density at radius 3 is 2.70 bits per heavy atom. The molecule has 1 atom stereocenters. The molecule has 0 aliphatic carbocycles. The lowest BCUT2D eigenvalue weighted by molar-refractivity contribution is -0.128. The first-order valence-electron chi connectivity index (χ1n) is 8.68. The number of nitrogens with one attached hydrogen (secondary N) is 2. The minimum Gasteiger partial charge on any atom is -0.353 e. The summed E-state index contributed by atoms with van der Waals surface area (Å²) in [5, 5.41) is 5.96. The van der Waals surface area contributed by atoms with Crippen LogP contribution in [0.3, 0.4) is 0 Å². The SMILES string of the molecule is Cn1cccc1CNC(=O)CC[C@H]1NC(=O)N(Cc2ccccc2Cl)C1=O. The number of rotatable bonds is 7. The van der Waals surface area contributed by atoms with Crippen molar-refractivity contribution in [3.05, 3.63) is 58.9 Å². The average molecular weight is 389 g/mol. The smallest absolute Gasteiger partial charge is 0.325 e. The molecular weight excluding hydrogens is 368 g/mol. The quantitative estimate of drug-likeness (QED) is 0.713. The Bertz CT molecular complexity index is 864. The molecule has 27 heavy (non-hydrogen) atoms. The van der Waals surface area contributed by atoms with Crippen molar-refractivity contribution in [1.29, 1.82) is 0 Å². The van der Waals surface area contributed by atoms with Crippen LogP contribution in [0.25, 0.3) is 0 Å². The fourth-order valence-corrected chi connectivity index (χ4v) is 3.15. The molecule has 1 fully saturated rings. The van der Waals surface area contributed by atoms with Crippen LogP contribution in [-0.2, 0) is 29.7 Å². The maximum Gasteiger partial charge on any atom is 0.325 e. The minimum absolute atomic E-state index is 0.112. The highest BCUT2D eigenvalue weighted by molar-refractivity contribution is 6.31. The third-order valence-corrected chi connectivity index (χ3v) is 4.94. The molecule has 0 radical (unpaired) electrons. The van der Waals surface area contributed by atoms with E-state index >= 15 is 0 Å². The number of halogens is 1. The van der Waals surface area contributed by atoms with E-state index in [-0.39, 0.29) is 31.2 Å². The number of carbonyl (C=O) groups excluding carboxylic acids is 3. The number of aryl methyl sites for hydroxylation is 1. The van der Waals surface area contributed by atoms with Crippen molar-refractivity contribution in [1.82, 2.24) is 20.1 Å². The molecule has 2 heterocycles. The second-order valence-electron chi connectivity index (χ2n) is 6.44. The first-order valence-corrected chi connectivity index (χ1v) is 9.05. The number of urea groups is 1. The van der Waals surface area contributed by atoms with Crippen LogP contribution < -0.4 is 10.6 Å². The second kappa shape index (κ2) is 8.26. The number of benzene rings is 1. The molecule has 3 rings (SSSR count). The monoisotopic (exact) mass is 388 g/mol. The van der Waals surface area contributed by atoms with E-state index in [1.807, 2.05) is 29.9 Å². The zero-order chi connectivity index (χ0) is 19.4.